The van der Waals surface area contributed by atoms with Crippen LogP contribution in [0.1, 0.15) is 32.1 Å². The van der Waals surface area contributed by atoms with Crippen molar-refractivity contribution in [1.82, 2.24) is 4.90 Å². The molecular weight excluding hydrogens is 198 g/mol. The Morgan fingerprint density at radius 3 is 2.69 bits per heavy atom. The van der Waals surface area contributed by atoms with Gasteiger partial charge >= 0.3 is 0 Å². The number of allylic oxidation sites excluding steroid dienone is 2. The monoisotopic (exact) mass is 221 g/mol. The molecule has 2 aliphatic heterocycles. The number of hydrogen-bond donors (Lipinski definition) is 0. The summed E-state index contributed by atoms with van der Waals surface area (Å²) in [6.07, 6.45) is 9.29. The van der Waals surface area contributed by atoms with Crippen LogP contribution in [0.2, 0.25) is 0 Å². The van der Waals surface area contributed by atoms with Crippen LogP contribution in [-0.4, -0.2) is 38.3 Å². The molecule has 0 aromatic carbocycles. The zero-order valence-electron chi connectivity index (χ0n) is 10.4. The molecule has 0 aromatic heterocycles. The molecule has 2 saturated heterocycles. The third-order valence-electron chi connectivity index (χ3n) is 4.72. The Hall–Kier alpha value is -0.340. The van der Waals surface area contributed by atoms with E-state index in [-0.39, 0.29) is 0 Å². The second-order valence-corrected chi connectivity index (χ2v) is 6.06. The summed E-state index contributed by atoms with van der Waals surface area (Å²) in [5.41, 5.74) is 2.33. The highest BCUT2D eigenvalue weighted by atomic mass is 16.5. The molecule has 0 unspecified atom stereocenters. The van der Waals surface area contributed by atoms with Crippen LogP contribution < -0.4 is 0 Å². The molecule has 0 bridgehead atoms. The van der Waals surface area contributed by atoms with Gasteiger partial charge in [-0.25, -0.2) is 0 Å². The normalized spacial score (nSPS) is 31.2. The summed E-state index contributed by atoms with van der Waals surface area (Å²) in [6, 6.07) is 0. The number of nitrogens with zero attached hydrogens (tertiary/aromatic N) is 1. The van der Waals surface area contributed by atoms with E-state index in [1.54, 1.807) is 5.57 Å². The van der Waals surface area contributed by atoms with Crippen molar-refractivity contribution in [1.29, 1.82) is 0 Å². The molecule has 3 aliphatic rings. The third kappa shape index (κ3) is 1.93. The first-order chi connectivity index (χ1) is 7.77. The maximum absolute atomic E-state index is 5.43. The zero-order chi connectivity index (χ0) is 11.0. The SMILES string of the molecule is CN1CCC(C2=CCCC3(COC3)C2)CC1. The van der Waals surface area contributed by atoms with Crippen molar-refractivity contribution >= 4 is 0 Å². The van der Waals surface area contributed by atoms with E-state index in [9.17, 15) is 0 Å². The van der Waals surface area contributed by atoms with Crippen LogP contribution in [0.25, 0.3) is 0 Å². The summed E-state index contributed by atoms with van der Waals surface area (Å²) in [6.45, 7) is 4.62. The molecular formula is C14H23NO. The van der Waals surface area contributed by atoms with Gasteiger partial charge in [0.05, 0.1) is 13.2 Å². The van der Waals surface area contributed by atoms with Gasteiger partial charge < -0.3 is 9.64 Å². The van der Waals surface area contributed by atoms with Crippen LogP contribution in [0.3, 0.4) is 0 Å². The minimum absolute atomic E-state index is 0.563. The van der Waals surface area contributed by atoms with E-state index in [1.807, 2.05) is 0 Å². The molecule has 1 spiro atoms. The first-order valence-corrected chi connectivity index (χ1v) is 6.73. The topological polar surface area (TPSA) is 12.5 Å². The van der Waals surface area contributed by atoms with Crippen molar-refractivity contribution in [2.75, 3.05) is 33.4 Å². The summed E-state index contributed by atoms with van der Waals surface area (Å²) >= 11 is 0. The van der Waals surface area contributed by atoms with E-state index in [1.165, 1.54) is 45.2 Å². The Morgan fingerprint density at radius 1 is 1.31 bits per heavy atom. The van der Waals surface area contributed by atoms with Gasteiger partial charge in [0.2, 0.25) is 0 Å². The second-order valence-electron chi connectivity index (χ2n) is 6.06. The molecule has 0 amide bonds. The molecule has 2 heteroatoms. The smallest absolute Gasteiger partial charge is 0.0548 e. The van der Waals surface area contributed by atoms with E-state index >= 15 is 0 Å². The number of piperidine rings is 1. The third-order valence-corrected chi connectivity index (χ3v) is 4.72. The lowest BCUT2D eigenvalue weighted by molar-refractivity contribution is -0.120. The van der Waals surface area contributed by atoms with Gasteiger partial charge in [-0.3, -0.25) is 0 Å². The summed E-state index contributed by atoms with van der Waals surface area (Å²) < 4.78 is 5.43. The molecule has 3 rings (SSSR count). The highest BCUT2D eigenvalue weighted by molar-refractivity contribution is 5.16. The summed E-state index contributed by atoms with van der Waals surface area (Å²) in [4.78, 5) is 2.46. The summed E-state index contributed by atoms with van der Waals surface area (Å²) in [7, 11) is 2.24. The minimum Gasteiger partial charge on any atom is -0.380 e. The minimum atomic E-state index is 0.563. The van der Waals surface area contributed by atoms with Gasteiger partial charge in [-0.2, -0.15) is 0 Å². The standard InChI is InChI=1S/C14H23NO/c1-15-7-4-12(5-8-15)13-3-2-6-14(9-13)10-16-11-14/h3,12H,2,4-11H2,1H3. The maximum Gasteiger partial charge on any atom is 0.0548 e. The van der Waals surface area contributed by atoms with Crippen LogP contribution in [0.4, 0.5) is 0 Å². The van der Waals surface area contributed by atoms with Crippen LogP contribution >= 0.6 is 0 Å². The fourth-order valence-corrected chi connectivity index (χ4v) is 3.48. The molecule has 90 valence electrons. The predicted octanol–water partition coefficient (Wildman–Crippen LogP) is 2.46. The fraction of sp³-hybridized carbons (Fsp3) is 0.857. The maximum atomic E-state index is 5.43. The first-order valence-electron chi connectivity index (χ1n) is 6.73. The van der Waals surface area contributed by atoms with Gasteiger partial charge in [-0.1, -0.05) is 11.6 Å². The fourth-order valence-electron chi connectivity index (χ4n) is 3.48. The molecule has 1 aliphatic carbocycles. The van der Waals surface area contributed by atoms with Crippen molar-refractivity contribution in [3.8, 4) is 0 Å². The lowest BCUT2D eigenvalue weighted by Gasteiger charge is -2.46. The van der Waals surface area contributed by atoms with E-state index in [4.69, 9.17) is 4.74 Å². The van der Waals surface area contributed by atoms with Crippen LogP contribution in [0.5, 0.6) is 0 Å². The van der Waals surface area contributed by atoms with E-state index in [2.05, 4.69) is 18.0 Å². The Morgan fingerprint density at radius 2 is 2.06 bits per heavy atom. The molecule has 0 N–H and O–H groups in total. The Kier molecular flexibility index (Phi) is 2.80. The van der Waals surface area contributed by atoms with E-state index < -0.39 is 0 Å². The number of hydrogen-bond acceptors (Lipinski definition) is 2. The molecule has 0 saturated carbocycles. The van der Waals surface area contributed by atoms with Gasteiger partial charge in [-0.05, 0) is 58.2 Å². The second kappa shape index (κ2) is 4.15. The lowest BCUT2D eigenvalue weighted by atomic mass is 9.69. The van der Waals surface area contributed by atoms with Crippen LogP contribution in [0, 0.1) is 11.3 Å². The molecule has 0 aromatic rings. The predicted molar refractivity (Wildman–Crippen MR) is 65.4 cm³/mol. The Balaban J connectivity index is 1.63. The first kappa shape index (κ1) is 10.8. The average molecular weight is 221 g/mol. The molecule has 0 atom stereocenters. The zero-order valence-corrected chi connectivity index (χ0v) is 10.4. The van der Waals surface area contributed by atoms with Gasteiger partial charge in [-0.15, -0.1) is 0 Å². The van der Waals surface area contributed by atoms with Gasteiger partial charge in [0.25, 0.3) is 0 Å². The number of likely N-dealkylation sites (tertiary alicyclic amines) is 1. The highest BCUT2D eigenvalue weighted by Crippen LogP contribution is 2.45. The van der Waals surface area contributed by atoms with Crippen molar-refractivity contribution in [3.63, 3.8) is 0 Å². The molecule has 2 heterocycles. The van der Waals surface area contributed by atoms with Crippen molar-refractivity contribution < 1.29 is 4.74 Å². The molecule has 2 nitrogen and oxygen atoms in total. The van der Waals surface area contributed by atoms with E-state index in [0.29, 0.717) is 5.41 Å². The van der Waals surface area contributed by atoms with Crippen molar-refractivity contribution in [3.05, 3.63) is 11.6 Å². The van der Waals surface area contributed by atoms with Crippen molar-refractivity contribution in [2.24, 2.45) is 11.3 Å². The lowest BCUT2D eigenvalue weighted by Crippen LogP contribution is -2.45. The Bertz CT molecular complexity index is 285. The average Bonchev–Trinajstić information content (AvgIpc) is 2.28. The molecule has 0 radical (unpaired) electrons. The number of ether oxygens (including phenoxy) is 1. The number of rotatable bonds is 1. The summed E-state index contributed by atoms with van der Waals surface area (Å²) in [5.74, 6) is 0.883. The van der Waals surface area contributed by atoms with Gasteiger partial charge in [0, 0.05) is 5.41 Å². The van der Waals surface area contributed by atoms with Gasteiger partial charge in [0.1, 0.15) is 0 Å². The van der Waals surface area contributed by atoms with Gasteiger partial charge in [0.15, 0.2) is 0 Å². The van der Waals surface area contributed by atoms with Crippen LogP contribution in [0.15, 0.2) is 11.6 Å². The van der Waals surface area contributed by atoms with Crippen molar-refractivity contribution in [2.45, 2.75) is 32.1 Å². The molecule has 16 heavy (non-hydrogen) atoms. The quantitative estimate of drug-likeness (QED) is 0.631. The Labute approximate surface area is 98.6 Å². The summed E-state index contributed by atoms with van der Waals surface area (Å²) in [5, 5.41) is 0. The van der Waals surface area contributed by atoms with Crippen LogP contribution in [-0.2, 0) is 4.74 Å². The highest BCUT2D eigenvalue weighted by Gasteiger charge is 2.41. The molecule has 2 fully saturated rings. The largest absolute Gasteiger partial charge is 0.380 e. The van der Waals surface area contributed by atoms with E-state index in [0.717, 1.165) is 19.1 Å².